The SMILES string of the molecule is CC1(C)CCCC1Nc1c(C(N)=O)cnn2cc(C(=O)O)cc12. The summed E-state index contributed by atoms with van der Waals surface area (Å²) in [6, 6.07) is 1.70. The molecule has 1 aliphatic rings. The number of nitrogens with zero attached hydrogens (tertiary/aromatic N) is 2. The van der Waals surface area contributed by atoms with Crippen molar-refractivity contribution < 1.29 is 14.7 Å². The normalized spacial score (nSPS) is 19.8. The fourth-order valence-corrected chi connectivity index (χ4v) is 3.28. The number of hydrogen-bond donors (Lipinski definition) is 3. The van der Waals surface area contributed by atoms with Gasteiger partial charge in [-0.05, 0) is 24.3 Å². The van der Waals surface area contributed by atoms with Crippen LogP contribution in [-0.2, 0) is 0 Å². The average Bonchev–Trinajstić information content (AvgIpc) is 3.03. The fourth-order valence-electron chi connectivity index (χ4n) is 3.28. The van der Waals surface area contributed by atoms with Gasteiger partial charge < -0.3 is 16.2 Å². The van der Waals surface area contributed by atoms with Gasteiger partial charge in [-0.3, -0.25) is 4.79 Å². The molecule has 0 bridgehead atoms. The van der Waals surface area contributed by atoms with E-state index in [2.05, 4.69) is 24.3 Å². The number of anilines is 1. The van der Waals surface area contributed by atoms with Crippen molar-refractivity contribution in [2.45, 2.75) is 39.2 Å². The van der Waals surface area contributed by atoms with Gasteiger partial charge in [-0.1, -0.05) is 20.3 Å². The van der Waals surface area contributed by atoms with Crippen LogP contribution in [0.4, 0.5) is 5.69 Å². The van der Waals surface area contributed by atoms with Gasteiger partial charge in [0.25, 0.3) is 5.91 Å². The largest absolute Gasteiger partial charge is 0.478 e. The van der Waals surface area contributed by atoms with Gasteiger partial charge in [-0.2, -0.15) is 5.10 Å². The molecule has 1 fully saturated rings. The van der Waals surface area contributed by atoms with Crippen molar-refractivity contribution in [2.24, 2.45) is 11.1 Å². The number of hydrogen-bond acceptors (Lipinski definition) is 4. The Morgan fingerprint density at radius 3 is 2.78 bits per heavy atom. The van der Waals surface area contributed by atoms with Crippen LogP contribution >= 0.6 is 0 Å². The van der Waals surface area contributed by atoms with Crippen LogP contribution in [0.5, 0.6) is 0 Å². The number of carboxylic acid groups (broad SMARTS) is 1. The Morgan fingerprint density at radius 2 is 2.22 bits per heavy atom. The second-order valence-electron chi connectivity index (χ2n) is 6.74. The molecule has 1 unspecified atom stereocenters. The Morgan fingerprint density at radius 1 is 1.48 bits per heavy atom. The Balaban J connectivity index is 2.13. The second kappa shape index (κ2) is 5.26. The Bertz CT molecular complexity index is 794. The van der Waals surface area contributed by atoms with Gasteiger partial charge >= 0.3 is 5.97 Å². The van der Waals surface area contributed by atoms with E-state index < -0.39 is 11.9 Å². The van der Waals surface area contributed by atoms with Gasteiger partial charge in [-0.15, -0.1) is 0 Å². The average molecular weight is 316 g/mol. The number of carboxylic acids is 1. The Hall–Kier alpha value is -2.57. The van der Waals surface area contributed by atoms with Crippen molar-refractivity contribution >= 4 is 23.1 Å². The molecular formula is C16H20N4O3. The lowest BCUT2D eigenvalue weighted by molar-refractivity contribution is 0.0696. The summed E-state index contributed by atoms with van der Waals surface area (Å²) in [5.41, 5.74) is 7.05. The summed E-state index contributed by atoms with van der Waals surface area (Å²) in [6.07, 6.45) is 6.00. The van der Waals surface area contributed by atoms with Gasteiger partial charge in [0.1, 0.15) is 0 Å². The number of aromatic nitrogens is 2. The topological polar surface area (TPSA) is 110 Å². The number of primary amides is 1. The lowest BCUT2D eigenvalue weighted by Crippen LogP contribution is -2.32. The molecule has 3 rings (SSSR count). The number of aromatic carboxylic acids is 1. The zero-order chi connectivity index (χ0) is 16.8. The Labute approximate surface area is 133 Å². The molecular weight excluding hydrogens is 296 g/mol. The van der Waals surface area contributed by atoms with Crippen LogP contribution in [0.2, 0.25) is 0 Å². The highest BCUT2D eigenvalue weighted by Gasteiger charge is 2.35. The van der Waals surface area contributed by atoms with E-state index in [0.717, 1.165) is 19.3 Å². The molecule has 1 saturated carbocycles. The molecule has 0 aliphatic heterocycles. The van der Waals surface area contributed by atoms with E-state index >= 15 is 0 Å². The number of rotatable bonds is 4. The smallest absolute Gasteiger partial charge is 0.337 e. The van der Waals surface area contributed by atoms with E-state index in [4.69, 9.17) is 10.8 Å². The minimum atomic E-state index is -1.04. The first-order valence-electron chi connectivity index (χ1n) is 7.60. The fraction of sp³-hybridized carbons (Fsp3) is 0.438. The van der Waals surface area contributed by atoms with Crippen LogP contribution in [0.1, 0.15) is 53.8 Å². The maximum Gasteiger partial charge on any atom is 0.337 e. The number of nitrogens with one attached hydrogen (secondary N) is 1. The standard InChI is InChI=1S/C16H20N4O3/c1-16(2)5-3-4-12(16)19-13-10(14(17)21)7-18-20-8-9(15(22)23)6-11(13)20/h6-8,12,19H,3-5H2,1-2H3,(H2,17,21)(H,22,23). The lowest BCUT2D eigenvalue weighted by atomic mass is 9.87. The van der Waals surface area contributed by atoms with Crippen LogP contribution in [0, 0.1) is 5.41 Å². The van der Waals surface area contributed by atoms with Gasteiger partial charge in [-0.25, -0.2) is 9.31 Å². The molecule has 122 valence electrons. The quantitative estimate of drug-likeness (QED) is 0.800. The number of nitrogens with two attached hydrogens (primary N) is 1. The van der Waals surface area contributed by atoms with Crippen molar-refractivity contribution in [3.05, 3.63) is 29.6 Å². The minimum absolute atomic E-state index is 0.0946. The third-order valence-corrected chi connectivity index (χ3v) is 4.73. The van der Waals surface area contributed by atoms with Crippen LogP contribution in [0.25, 0.3) is 5.52 Å². The molecule has 0 spiro atoms. The van der Waals surface area contributed by atoms with E-state index in [1.807, 2.05) is 0 Å². The third-order valence-electron chi connectivity index (χ3n) is 4.73. The lowest BCUT2D eigenvalue weighted by Gasteiger charge is -2.29. The van der Waals surface area contributed by atoms with E-state index in [-0.39, 0.29) is 22.6 Å². The molecule has 23 heavy (non-hydrogen) atoms. The van der Waals surface area contributed by atoms with Gasteiger partial charge in [0.15, 0.2) is 0 Å². The number of amides is 1. The second-order valence-corrected chi connectivity index (χ2v) is 6.74. The van der Waals surface area contributed by atoms with Crippen LogP contribution < -0.4 is 11.1 Å². The van der Waals surface area contributed by atoms with Gasteiger partial charge in [0, 0.05) is 12.2 Å². The highest BCUT2D eigenvalue weighted by Crippen LogP contribution is 2.40. The molecule has 0 saturated heterocycles. The summed E-state index contributed by atoms with van der Waals surface area (Å²) in [6.45, 7) is 4.36. The van der Waals surface area contributed by atoms with Crippen molar-refractivity contribution in [3.8, 4) is 0 Å². The summed E-state index contributed by atoms with van der Waals surface area (Å²) in [5.74, 6) is -1.63. The number of carbonyl (C=O) groups is 2. The molecule has 4 N–H and O–H groups in total. The van der Waals surface area contributed by atoms with Crippen LogP contribution in [-0.4, -0.2) is 32.6 Å². The molecule has 2 aromatic rings. The van der Waals surface area contributed by atoms with Crippen molar-refractivity contribution in [2.75, 3.05) is 5.32 Å². The number of carbonyl (C=O) groups excluding carboxylic acids is 1. The summed E-state index contributed by atoms with van der Waals surface area (Å²) in [5, 5.41) is 16.7. The van der Waals surface area contributed by atoms with Crippen LogP contribution in [0.15, 0.2) is 18.5 Å². The van der Waals surface area contributed by atoms with Gasteiger partial charge in [0.05, 0.1) is 28.5 Å². The Kier molecular flexibility index (Phi) is 3.50. The zero-order valence-electron chi connectivity index (χ0n) is 13.2. The van der Waals surface area contributed by atoms with Crippen molar-refractivity contribution in [1.29, 1.82) is 0 Å². The molecule has 1 amide bonds. The highest BCUT2D eigenvalue weighted by molar-refractivity contribution is 6.03. The maximum absolute atomic E-state index is 11.8. The molecule has 2 heterocycles. The first-order chi connectivity index (χ1) is 10.8. The maximum atomic E-state index is 11.8. The minimum Gasteiger partial charge on any atom is -0.478 e. The summed E-state index contributed by atoms with van der Waals surface area (Å²) >= 11 is 0. The summed E-state index contributed by atoms with van der Waals surface area (Å²) in [4.78, 5) is 23.0. The first-order valence-corrected chi connectivity index (χ1v) is 7.60. The molecule has 1 atom stereocenters. The predicted molar refractivity (Wildman–Crippen MR) is 85.7 cm³/mol. The molecule has 0 radical (unpaired) electrons. The molecule has 1 aliphatic carbocycles. The first kappa shape index (κ1) is 15.3. The third kappa shape index (κ3) is 2.62. The molecule has 2 aromatic heterocycles. The van der Waals surface area contributed by atoms with Gasteiger partial charge in [0.2, 0.25) is 0 Å². The van der Waals surface area contributed by atoms with Crippen LogP contribution in [0.3, 0.4) is 0 Å². The molecule has 0 aromatic carbocycles. The predicted octanol–water partition coefficient (Wildman–Crippen LogP) is 2.12. The number of fused-ring (bicyclic) bond motifs is 1. The van der Waals surface area contributed by atoms with Crippen molar-refractivity contribution in [3.63, 3.8) is 0 Å². The molecule has 7 nitrogen and oxygen atoms in total. The molecule has 7 heteroatoms. The van der Waals surface area contributed by atoms with E-state index in [1.54, 1.807) is 0 Å². The highest BCUT2D eigenvalue weighted by atomic mass is 16.4. The summed E-state index contributed by atoms with van der Waals surface area (Å²) in [7, 11) is 0. The van der Waals surface area contributed by atoms with E-state index in [1.165, 1.54) is 23.0 Å². The monoisotopic (exact) mass is 316 g/mol. The van der Waals surface area contributed by atoms with Crippen molar-refractivity contribution in [1.82, 2.24) is 9.61 Å². The van der Waals surface area contributed by atoms with E-state index in [0.29, 0.717) is 11.2 Å². The van der Waals surface area contributed by atoms with E-state index in [9.17, 15) is 9.59 Å². The zero-order valence-corrected chi connectivity index (χ0v) is 13.2. The summed E-state index contributed by atoms with van der Waals surface area (Å²) < 4.78 is 1.46.